The fourth-order valence-electron chi connectivity index (χ4n) is 1.59. The van der Waals surface area contributed by atoms with Crippen LogP contribution >= 0.6 is 11.6 Å². The van der Waals surface area contributed by atoms with Crippen LogP contribution in [0.3, 0.4) is 0 Å². The number of aliphatic imine (C=N–C) groups is 1. The molecule has 4 heteroatoms. The van der Waals surface area contributed by atoms with Gasteiger partial charge in [-0.15, -0.1) is 11.6 Å². The highest BCUT2D eigenvalue weighted by atomic mass is 35.5. The number of rotatable bonds is 3. The predicted molar refractivity (Wildman–Crippen MR) is 73.8 cm³/mol. The molecule has 2 nitrogen and oxygen atoms in total. The Kier molecular flexibility index (Phi) is 3.95. The van der Waals surface area contributed by atoms with Gasteiger partial charge < -0.3 is 5.73 Å². The van der Waals surface area contributed by atoms with Crippen molar-refractivity contribution >= 4 is 23.1 Å². The van der Waals surface area contributed by atoms with Crippen LogP contribution in [-0.4, -0.2) is 11.7 Å². The third kappa shape index (κ3) is 2.87. The highest BCUT2D eigenvalue weighted by Crippen LogP contribution is 2.25. The number of alkyl halides is 1. The lowest BCUT2D eigenvalue weighted by Crippen LogP contribution is -2.12. The van der Waals surface area contributed by atoms with E-state index in [0.717, 1.165) is 11.1 Å². The molecular formula is C14H12ClFN2. The summed E-state index contributed by atoms with van der Waals surface area (Å²) in [6.07, 6.45) is 0. The molecule has 0 aliphatic rings. The molecule has 0 aliphatic heterocycles. The Bertz CT molecular complexity index is 567. The zero-order valence-electron chi connectivity index (χ0n) is 9.61. The average molecular weight is 263 g/mol. The fraction of sp³-hybridized carbons (Fsp3) is 0.0714. The summed E-state index contributed by atoms with van der Waals surface area (Å²) in [4.78, 5) is 3.90. The molecule has 0 atom stereocenters. The van der Waals surface area contributed by atoms with Crippen molar-refractivity contribution in [3.8, 4) is 11.1 Å². The van der Waals surface area contributed by atoms with Crippen LogP contribution in [0.4, 0.5) is 10.1 Å². The van der Waals surface area contributed by atoms with Crippen molar-refractivity contribution in [1.29, 1.82) is 0 Å². The molecule has 0 aromatic heterocycles. The Morgan fingerprint density at radius 1 is 1.11 bits per heavy atom. The third-order valence-corrected chi connectivity index (χ3v) is 2.73. The average Bonchev–Trinajstić information content (AvgIpc) is 2.42. The van der Waals surface area contributed by atoms with E-state index in [1.165, 1.54) is 6.07 Å². The van der Waals surface area contributed by atoms with Crippen LogP contribution in [0, 0.1) is 5.82 Å². The zero-order valence-corrected chi connectivity index (χ0v) is 10.4. The van der Waals surface area contributed by atoms with Crippen LogP contribution in [0.5, 0.6) is 0 Å². The summed E-state index contributed by atoms with van der Waals surface area (Å²) in [6, 6.07) is 14.4. The van der Waals surface area contributed by atoms with Gasteiger partial charge in [0.2, 0.25) is 0 Å². The molecule has 92 valence electrons. The number of benzene rings is 2. The Morgan fingerprint density at radius 3 is 2.44 bits per heavy atom. The standard InChI is InChI=1S/C14H12ClFN2/c15-9-14(17)18-13-7-6-11(8-12(13)16)10-4-2-1-3-5-10/h1-8H,9H2,(H2,17,18). The first-order valence-corrected chi connectivity index (χ1v) is 5.98. The lowest BCUT2D eigenvalue weighted by Gasteiger charge is -2.04. The molecule has 2 aromatic rings. The van der Waals surface area contributed by atoms with Crippen molar-refractivity contribution in [3.05, 3.63) is 54.3 Å². The first-order valence-electron chi connectivity index (χ1n) is 5.44. The van der Waals surface area contributed by atoms with Gasteiger partial charge in [0.05, 0.1) is 5.88 Å². The van der Waals surface area contributed by atoms with Gasteiger partial charge in [-0.1, -0.05) is 36.4 Å². The van der Waals surface area contributed by atoms with E-state index < -0.39 is 5.82 Å². The summed E-state index contributed by atoms with van der Waals surface area (Å²) in [7, 11) is 0. The van der Waals surface area contributed by atoms with Crippen molar-refractivity contribution in [2.45, 2.75) is 0 Å². The van der Waals surface area contributed by atoms with Gasteiger partial charge in [-0.3, -0.25) is 0 Å². The molecule has 0 amide bonds. The summed E-state index contributed by atoms with van der Waals surface area (Å²) in [5.41, 5.74) is 7.43. The smallest absolute Gasteiger partial charge is 0.149 e. The van der Waals surface area contributed by atoms with Gasteiger partial charge >= 0.3 is 0 Å². The Morgan fingerprint density at radius 2 is 1.83 bits per heavy atom. The van der Waals surface area contributed by atoms with Gasteiger partial charge in [-0.25, -0.2) is 9.38 Å². The molecule has 2 aromatic carbocycles. The molecule has 2 N–H and O–H groups in total. The lowest BCUT2D eigenvalue weighted by molar-refractivity contribution is 0.630. The summed E-state index contributed by atoms with van der Waals surface area (Å²) in [5, 5.41) is 0. The number of nitrogens with zero attached hydrogens (tertiary/aromatic N) is 1. The van der Waals surface area contributed by atoms with Gasteiger partial charge in [0.25, 0.3) is 0 Å². The fourth-order valence-corrected chi connectivity index (χ4v) is 1.65. The van der Waals surface area contributed by atoms with Gasteiger partial charge in [-0.2, -0.15) is 0 Å². The minimum Gasteiger partial charge on any atom is -0.386 e. The van der Waals surface area contributed by atoms with E-state index in [2.05, 4.69) is 4.99 Å². The second kappa shape index (κ2) is 5.65. The van der Waals surface area contributed by atoms with Gasteiger partial charge in [0, 0.05) is 0 Å². The van der Waals surface area contributed by atoms with Crippen molar-refractivity contribution < 1.29 is 4.39 Å². The maximum atomic E-state index is 13.8. The minimum absolute atomic E-state index is 0.0832. The predicted octanol–water partition coefficient (Wildman–Crippen LogP) is 3.72. The second-order valence-corrected chi connectivity index (χ2v) is 4.04. The highest BCUT2D eigenvalue weighted by Gasteiger charge is 2.04. The van der Waals surface area contributed by atoms with Gasteiger partial charge in [-0.05, 0) is 23.3 Å². The minimum atomic E-state index is -0.413. The molecule has 0 fully saturated rings. The maximum absolute atomic E-state index is 13.8. The van der Waals surface area contributed by atoms with E-state index in [1.807, 2.05) is 30.3 Å². The SMILES string of the molecule is NC(CCl)=Nc1ccc(-c2ccccc2)cc1F. The number of halogens is 2. The first kappa shape index (κ1) is 12.6. The van der Waals surface area contributed by atoms with Crippen LogP contribution in [-0.2, 0) is 0 Å². The van der Waals surface area contributed by atoms with Crippen molar-refractivity contribution in [3.63, 3.8) is 0 Å². The zero-order chi connectivity index (χ0) is 13.0. The molecule has 18 heavy (non-hydrogen) atoms. The van der Waals surface area contributed by atoms with E-state index >= 15 is 0 Å². The topological polar surface area (TPSA) is 38.4 Å². The molecular weight excluding hydrogens is 251 g/mol. The maximum Gasteiger partial charge on any atom is 0.149 e. The molecule has 0 radical (unpaired) electrons. The first-order chi connectivity index (χ1) is 8.70. The van der Waals surface area contributed by atoms with Crippen molar-refractivity contribution in [2.75, 3.05) is 5.88 Å². The number of nitrogens with two attached hydrogens (primary N) is 1. The van der Waals surface area contributed by atoms with E-state index in [9.17, 15) is 4.39 Å². The van der Waals surface area contributed by atoms with Crippen molar-refractivity contribution in [1.82, 2.24) is 0 Å². The van der Waals surface area contributed by atoms with Crippen LogP contribution in [0.1, 0.15) is 0 Å². The molecule has 0 unspecified atom stereocenters. The molecule has 2 rings (SSSR count). The summed E-state index contributed by atoms with van der Waals surface area (Å²) in [5.74, 6) is -0.132. The van der Waals surface area contributed by atoms with Crippen LogP contribution in [0.25, 0.3) is 11.1 Å². The summed E-state index contributed by atoms with van der Waals surface area (Å²) >= 11 is 5.50. The van der Waals surface area contributed by atoms with E-state index in [4.69, 9.17) is 17.3 Å². The van der Waals surface area contributed by atoms with Crippen molar-refractivity contribution in [2.24, 2.45) is 10.7 Å². The normalized spacial score (nSPS) is 11.6. The molecule has 0 saturated carbocycles. The third-order valence-electron chi connectivity index (χ3n) is 2.46. The van der Waals surface area contributed by atoms with Gasteiger partial charge in [0.15, 0.2) is 0 Å². The largest absolute Gasteiger partial charge is 0.386 e. The molecule has 0 spiro atoms. The Labute approximate surface area is 110 Å². The van der Waals surface area contributed by atoms with Crippen LogP contribution in [0.15, 0.2) is 53.5 Å². The van der Waals surface area contributed by atoms with E-state index in [1.54, 1.807) is 12.1 Å². The van der Waals surface area contributed by atoms with E-state index in [0.29, 0.717) is 0 Å². The Balaban J connectivity index is 2.37. The van der Waals surface area contributed by atoms with Gasteiger partial charge in [0.1, 0.15) is 17.3 Å². The molecule has 0 bridgehead atoms. The van der Waals surface area contributed by atoms with Crippen LogP contribution in [0.2, 0.25) is 0 Å². The molecule has 0 aliphatic carbocycles. The molecule has 0 heterocycles. The number of amidine groups is 1. The summed E-state index contributed by atoms with van der Waals surface area (Å²) < 4.78 is 13.8. The molecule has 0 saturated heterocycles. The monoisotopic (exact) mass is 262 g/mol. The quantitative estimate of drug-likeness (QED) is 0.511. The Hall–Kier alpha value is -1.87. The van der Waals surface area contributed by atoms with E-state index in [-0.39, 0.29) is 17.4 Å². The lowest BCUT2D eigenvalue weighted by atomic mass is 10.1. The number of hydrogen-bond acceptors (Lipinski definition) is 1. The van der Waals surface area contributed by atoms with Crippen LogP contribution < -0.4 is 5.73 Å². The number of hydrogen-bond donors (Lipinski definition) is 1. The summed E-state index contributed by atoms with van der Waals surface area (Å²) in [6.45, 7) is 0. The second-order valence-electron chi connectivity index (χ2n) is 3.77. The highest BCUT2D eigenvalue weighted by molar-refractivity contribution is 6.28.